The van der Waals surface area contributed by atoms with E-state index >= 15 is 0 Å². The molecular formula is C13H12N2O. The van der Waals surface area contributed by atoms with E-state index in [0.29, 0.717) is 22.3 Å². The van der Waals surface area contributed by atoms with E-state index in [1.165, 1.54) is 0 Å². The van der Waals surface area contributed by atoms with E-state index in [0.717, 1.165) is 5.56 Å². The number of aromatic nitrogens is 2. The zero-order valence-corrected chi connectivity index (χ0v) is 9.08. The molecule has 0 bridgehead atoms. The van der Waals surface area contributed by atoms with E-state index in [1.807, 2.05) is 25.1 Å². The van der Waals surface area contributed by atoms with Crippen LogP contribution in [-0.4, -0.2) is 9.97 Å². The fourth-order valence-electron chi connectivity index (χ4n) is 1.50. The third kappa shape index (κ3) is 1.67. The van der Waals surface area contributed by atoms with Crippen LogP contribution in [0.4, 0.5) is 0 Å². The summed E-state index contributed by atoms with van der Waals surface area (Å²) in [7, 11) is 0. The predicted octanol–water partition coefficient (Wildman–Crippen LogP) is 2.43. The lowest BCUT2D eigenvalue weighted by atomic mass is 10.1. The molecule has 80 valence electrons. The second kappa shape index (κ2) is 3.77. The Labute approximate surface area is 93.2 Å². The van der Waals surface area contributed by atoms with Crippen LogP contribution in [0.5, 0.6) is 0 Å². The second-order valence-electron chi connectivity index (χ2n) is 3.66. The topological polar surface area (TPSA) is 45.8 Å². The van der Waals surface area contributed by atoms with Crippen LogP contribution in [0, 0.1) is 6.92 Å². The number of nitrogens with one attached hydrogen (secondary N) is 1. The van der Waals surface area contributed by atoms with E-state index < -0.39 is 0 Å². The maximum Gasteiger partial charge on any atom is 0.259 e. The Hall–Kier alpha value is -2.16. The summed E-state index contributed by atoms with van der Waals surface area (Å²) in [5.74, 6) is 0.469. The highest BCUT2D eigenvalue weighted by atomic mass is 16.1. The highest BCUT2D eigenvalue weighted by Crippen LogP contribution is 2.12. The maximum absolute atomic E-state index is 11.8. The van der Waals surface area contributed by atoms with Crippen LogP contribution in [0.15, 0.2) is 42.2 Å². The van der Waals surface area contributed by atoms with Gasteiger partial charge in [-0.05, 0) is 19.1 Å². The molecule has 0 spiro atoms. The lowest BCUT2D eigenvalue weighted by molar-refractivity contribution is 1.13. The molecule has 0 radical (unpaired) electrons. The van der Waals surface area contributed by atoms with Gasteiger partial charge in [0.2, 0.25) is 0 Å². The first-order chi connectivity index (χ1) is 7.61. The van der Waals surface area contributed by atoms with Gasteiger partial charge in [-0.2, -0.15) is 0 Å². The average Bonchev–Trinajstić information content (AvgIpc) is 2.28. The van der Waals surface area contributed by atoms with Gasteiger partial charge in [0.25, 0.3) is 5.56 Å². The average molecular weight is 212 g/mol. The zero-order valence-electron chi connectivity index (χ0n) is 9.08. The summed E-state index contributed by atoms with van der Waals surface area (Å²) in [5, 5.41) is 0.598. The van der Waals surface area contributed by atoms with Gasteiger partial charge in [0.15, 0.2) is 0 Å². The van der Waals surface area contributed by atoms with Crippen molar-refractivity contribution in [3.05, 3.63) is 59.2 Å². The van der Waals surface area contributed by atoms with Crippen molar-refractivity contribution in [1.82, 2.24) is 9.97 Å². The minimum absolute atomic E-state index is 0.147. The van der Waals surface area contributed by atoms with Gasteiger partial charge in [0.1, 0.15) is 5.82 Å². The fraction of sp³-hybridized carbons (Fsp3) is 0.0769. The molecule has 1 N–H and O–H groups in total. The summed E-state index contributed by atoms with van der Waals surface area (Å²) < 4.78 is 0. The van der Waals surface area contributed by atoms with Crippen molar-refractivity contribution in [2.24, 2.45) is 0 Å². The molecule has 0 atom stereocenters. The second-order valence-corrected chi connectivity index (χ2v) is 3.66. The van der Waals surface area contributed by atoms with Gasteiger partial charge in [0, 0.05) is 5.57 Å². The molecule has 2 rings (SSSR count). The lowest BCUT2D eigenvalue weighted by Gasteiger charge is -2.02. The Bertz CT molecular complexity index is 638. The minimum atomic E-state index is -0.147. The van der Waals surface area contributed by atoms with Crippen molar-refractivity contribution in [3.8, 4) is 0 Å². The quantitative estimate of drug-likeness (QED) is 0.777. The number of allylic oxidation sites excluding steroid dienone is 2. The Kier molecular flexibility index (Phi) is 2.44. The fourth-order valence-corrected chi connectivity index (χ4v) is 1.50. The molecule has 1 aromatic heterocycles. The van der Waals surface area contributed by atoms with Gasteiger partial charge < -0.3 is 4.98 Å². The largest absolute Gasteiger partial charge is 0.306 e. The SMILES string of the molecule is C=CC(=C)c1nc2ccc(C)cc2c(=O)[nH]1. The standard InChI is InChI=1S/C13H12N2O/c1-4-9(3)12-14-11-6-5-8(2)7-10(11)13(16)15-12/h4-7H,1,3H2,2H3,(H,14,15,16). The summed E-state index contributed by atoms with van der Waals surface area (Å²) in [6.07, 6.45) is 1.57. The first-order valence-corrected chi connectivity index (χ1v) is 4.94. The van der Waals surface area contributed by atoms with Crippen LogP contribution in [-0.2, 0) is 0 Å². The number of hydrogen-bond acceptors (Lipinski definition) is 2. The van der Waals surface area contributed by atoms with E-state index in [2.05, 4.69) is 23.1 Å². The van der Waals surface area contributed by atoms with Gasteiger partial charge in [-0.1, -0.05) is 30.9 Å². The molecule has 3 nitrogen and oxygen atoms in total. The molecule has 1 aromatic carbocycles. The summed E-state index contributed by atoms with van der Waals surface area (Å²) in [5.41, 5.74) is 2.17. The maximum atomic E-state index is 11.8. The number of rotatable bonds is 2. The van der Waals surface area contributed by atoms with Crippen LogP contribution in [0.3, 0.4) is 0 Å². The van der Waals surface area contributed by atoms with Gasteiger partial charge >= 0.3 is 0 Å². The monoisotopic (exact) mass is 212 g/mol. The van der Waals surface area contributed by atoms with Crippen LogP contribution in [0.25, 0.3) is 16.5 Å². The minimum Gasteiger partial charge on any atom is -0.306 e. The van der Waals surface area contributed by atoms with E-state index in [-0.39, 0.29) is 5.56 Å². The van der Waals surface area contributed by atoms with Crippen LogP contribution < -0.4 is 5.56 Å². The van der Waals surface area contributed by atoms with Crippen molar-refractivity contribution >= 4 is 16.5 Å². The Morgan fingerprint density at radius 1 is 1.50 bits per heavy atom. The highest BCUT2D eigenvalue weighted by molar-refractivity contribution is 5.80. The molecule has 16 heavy (non-hydrogen) atoms. The molecule has 0 saturated carbocycles. The highest BCUT2D eigenvalue weighted by Gasteiger charge is 2.04. The number of aromatic amines is 1. The first-order valence-electron chi connectivity index (χ1n) is 4.94. The van der Waals surface area contributed by atoms with Crippen molar-refractivity contribution in [2.75, 3.05) is 0 Å². The molecule has 3 heteroatoms. The Morgan fingerprint density at radius 3 is 2.94 bits per heavy atom. The van der Waals surface area contributed by atoms with E-state index in [1.54, 1.807) is 6.08 Å². The number of aryl methyl sites for hydroxylation is 1. The third-order valence-corrected chi connectivity index (χ3v) is 2.41. The molecular weight excluding hydrogens is 200 g/mol. The number of fused-ring (bicyclic) bond motifs is 1. The summed E-state index contributed by atoms with van der Waals surface area (Å²) >= 11 is 0. The summed E-state index contributed by atoms with van der Waals surface area (Å²) in [6, 6.07) is 5.58. The van der Waals surface area contributed by atoms with Crippen LogP contribution >= 0.6 is 0 Å². The summed E-state index contributed by atoms with van der Waals surface area (Å²) in [4.78, 5) is 18.8. The molecule has 0 amide bonds. The molecule has 0 aliphatic rings. The Balaban J connectivity index is 2.78. The van der Waals surface area contributed by atoms with E-state index in [4.69, 9.17) is 0 Å². The summed E-state index contributed by atoms with van der Waals surface area (Å²) in [6.45, 7) is 9.30. The van der Waals surface area contributed by atoms with Gasteiger partial charge in [-0.25, -0.2) is 4.98 Å². The lowest BCUT2D eigenvalue weighted by Crippen LogP contribution is -2.11. The molecule has 0 aliphatic heterocycles. The molecule has 0 unspecified atom stereocenters. The third-order valence-electron chi connectivity index (χ3n) is 2.41. The zero-order chi connectivity index (χ0) is 11.7. The van der Waals surface area contributed by atoms with Crippen molar-refractivity contribution in [2.45, 2.75) is 6.92 Å². The van der Waals surface area contributed by atoms with Gasteiger partial charge in [-0.15, -0.1) is 0 Å². The van der Waals surface area contributed by atoms with Crippen molar-refractivity contribution < 1.29 is 0 Å². The number of H-pyrrole nitrogens is 1. The molecule has 0 saturated heterocycles. The van der Waals surface area contributed by atoms with E-state index in [9.17, 15) is 4.79 Å². The van der Waals surface area contributed by atoms with Crippen LogP contribution in [0.2, 0.25) is 0 Å². The van der Waals surface area contributed by atoms with Crippen LogP contribution in [0.1, 0.15) is 11.4 Å². The molecule has 0 fully saturated rings. The smallest absolute Gasteiger partial charge is 0.259 e. The van der Waals surface area contributed by atoms with Gasteiger partial charge in [0.05, 0.1) is 10.9 Å². The molecule has 0 aliphatic carbocycles. The molecule has 1 heterocycles. The van der Waals surface area contributed by atoms with Crippen molar-refractivity contribution in [1.29, 1.82) is 0 Å². The molecule has 2 aromatic rings. The van der Waals surface area contributed by atoms with Crippen molar-refractivity contribution in [3.63, 3.8) is 0 Å². The normalized spacial score (nSPS) is 10.3. The first kappa shape index (κ1) is 10.4. The number of benzene rings is 1. The Morgan fingerprint density at radius 2 is 2.25 bits per heavy atom. The predicted molar refractivity (Wildman–Crippen MR) is 66.3 cm³/mol. The number of hydrogen-bond donors (Lipinski definition) is 1. The number of nitrogens with zero attached hydrogens (tertiary/aromatic N) is 1. The van der Waals surface area contributed by atoms with Gasteiger partial charge in [-0.3, -0.25) is 4.79 Å².